The maximum atomic E-state index is 13.5. The summed E-state index contributed by atoms with van der Waals surface area (Å²) in [4.78, 5) is 11.2. The molecule has 1 fully saturated rings. The summed E-state index contributed by atoms with van der Waals surface area (Å²) in [6, 6.07) is 2.64. The van der Waals surface area contributed by atoms with Crippen LogP contribution < -0.4 is 4.90 Å². The van der Waals surface area contributed by atoms with Gasteiger partial charge in [-0.1, -0.05) is 11.2 Å². The third kappa shape index (κ3) is 4.80. The second-order valence-corrected chi connectivity index (χ2v) is 8.25. The highest BCUT2D eigenvalue weighted by atomic mass is 19.4. The van der Waals surface area contributed by atoms with E-state index in [0.29, 0.717) is 23.4 Å². The third-order valence-electron chi connectivity index (χ3n) is 5.75. The Balaban J connectivity index is 1.40. The monoisotopic (exact) mass is 496 g/mol. The number of halogens is 6. The SMILES string of the molecule is FC(F)(F)c1ccc(-c2cc(Cn3cc4nc(N5CCCCC5)nc-4cn3)on2)c(C(F)(F)F)c1. The molecule has 0 unspecified atom stereocenters. The zero-order valence-electron chi connectivity index (χ0n) is 18.1. The van der Waals surface area contributed by atoms with Crippen molar-refractivity contribution in [2.75, 3.05) is 18.0 Å². The Morgan fingerprint density at radius 2 is 1.60 bits per heavy atom. The van der Waals surface area contributed by atoms with E-state index in [1.54, 1.807) is 6.20 Å². The van der Waals surface area contributed by atoms with Crippen molar-refractivity contribution in [2.24, 2.45) is 0 Å². The molecular formula is C22H18F6N6O. The van der Waals surface area contributed by atoms with Crippen molar-refractivity contribution in [3.63, 3.8) is 0 Å². The van der Waals surface area contributed by atoms with Crippen molar-refractivity contribution in [2.45, 2.75) is 38.2 Å². The normalized spacial score (nSPS) is 15.2. The molecule has 1 aromatic heterocycles. The highest BCUT2D eigenvalue weighted by molar-refractivity contribution is 5.65. The van der Waals surface area contributed by atoms with Gasteiger partial charge in [-0.3, -0.25) is 4.68 Å². The summed E-state index contributed by atoms with van der Waals surface area (Å²) in [5, 5.41) is 7.89. The minimum atomic E-state index is -5.01. The Kier molecular flexibility index (Phi) is 5.64. The topological polar surface area (TPSA) is 72.9 Å². The van der Waals surface area contributed by atoms with Crippen LogP contribution in [0.1, 0.15) is 36.1 Å². The lowest BCUT2D eigenvalue weighted by molar-refractivity contribution is -0.142. The summed E-state index contributed by atoms with van der Waals surface area (Å²) < 4.78 is 85.9. The Labute approximate surface area is 194 Å². The summed E-state index contributed by atoms with van der Waals surface area (Å²) in [5.74, 6) is 0.795. The third-order valence-corrected chi connectivity index (χ3v) is 5.75. The molecular weight excluding hydrogens is 478 g/mol. The van der Waals surface area contributed by atoms with Gasteiger partial charge in [-0.05, 0) is 31.4 Å². The highest BCUT2D eigenvalue weighted by Crippen LogP contribution is 2.40. The van der Waals surface area contributed by atoms with Gasteiger partial charge in [0.25, 0.3) is 0 Å². The largest absolute Gasteiger partial charge is 0.417 e. The van der Waals surface area contributed by atoms with Gasteiger partial charge in [0.05, 0.1) is 23.5 Å². The molecule has 184 valence electrons. The number of piperidine rings is 1. The summed E-state index contributed by atoms with van der Waals surface area (Å²) in [5.41, 5.74) is -2.38. The molecule has 0 bridgehead atoms. The molecule has 1 aromatic carbocycles. The van der Waals surface area contributed by atoms with Gasteiger partial charge in [0.15, 0.2) is 5.76 Å². The van der Waals surface area contributed by atoms with Gasteiger partial charge >= 0.3 is 12.4 Å². The molecule has 0 aliphatic carbocycles. The fourth-order valence-corrected chi connectivity index (χ4v) is 4.02. The van der Waals surface area contributed by atoms with Crippen LogP contribution in [0.15, 0.2) is 41.2 Å². The Bertz CT molecular complexity index is 1300. The molecule has 0 spiro atoms. The van der Waals surface area contributed by atoms with Gasteiger partial charge < -0.3 is 9.42 Å². The molecule has 0 saturated carbocycles. The Morgan fingerprint density at radius 3 is 2.31 bits per heavy atom. The van der Waals surface area contributed by atoms with E-state index in [-0.39, 0.29) is 24.1 Å². The zero-order valence-corrected chi connectivity index (χ0v) is 18.1. The quantitative estimate of drug-likeness (QED) is 0.347. The van der Waals surface area contributed by atoms with Crippen molar-refractivity contribution >= 4 is 5.95 Å². The summed E-state index contributed by atoms with van der Waals surface area (Å²) in [7, 11) is 0. The maximum Gasteiger partial charge on any atom is 0.417 e. The molecule has 5 rings (SSSR count). The number of nitrogens with zero attached hydrogens (tertiary/aromatic N) is 6. The van der Waals surface area contributed by atoms with Gasteiger partial charge in [0.1, 0.15) is 23.6 Å². The summed E-state index contributed by atoms with van der Waals surface area (Å²) >= 11 is 0. The molecule has 0 amide bonds. The number of alkyl halides is 6. The smallest absolute Gasteiger partial charge is 0.359 e. The van der Waals surface area contributed by atoms with Crippen molar-refractivity contribution in [3.8, 4) is 22.6 Å². The molecule has 35 heavy (non-hydrogen) atoms. The van der Waals surface area contributed by atoms with Crippen LogP contribution in [0.4, 0.5) is 32.3 Å². The number of benzene rings is 1. The van der Waals surface area contributed by atoms with Crippen molar-refractivity contribution in [1.29, 1.82) is 0 Å². The first kappa shape index (κ1) is 23.1. The van der Waals surface area contributed by atoms with E-state index in [1.165, 1.54) is 23.4 Å². The Hall–Kier alpha value is -3.64. The van der Waals surface area contributed by atoms with Crippen LogP contribution in [0, 0.1) is 0 Å². The first-order chi connectivity index (χ1) is 16.6. The number of hydrogen-bond donors (Lipinski definition) is 0. The van der Waals surface area contributed by atoms with Crippen LogP contribution in [-0.2, 0) is 18.9 Å². The number of aromatic nitrogens is 5. The molecule has 2 aromatic rings. The van der Waals surface area contributed by atoms with E-state index in [0.717, 1.165) is 32.0 Å². The lowest BCUT2D eigenvalue weighted by Crippen LogP contribution is -2.30. The van der Waals surface area contributed by atoms with E-state index in [9.17, 15) is 26.3 Å². The molecule has 0 atom stereocenters. The van der Waals surface area contributed by atoms with E-state index < -0.39 is 29.0 Å². The fraction of sp³-hybridized carbons (Fsp3) is 0.364. The van der Waals surface area contributed by atoms with Gasteiger partial charge in [0.2, 0.25) is 5.95 Å². The van der Waals surface area contributed by atoms with Gasteiger partial charge in [-0.15, -0.1) is 0 Å². The van der Waals surface area contributed by atoms with Crippen molar-refractivity contribution < 1.29 is 30.9 Å². The molecule has 1 saturated heterocycles. The van der Waals surface area contributed by atoms with Gasteiger partial charge in [0, 0.05) is 24.7 Å². The molecule has 3 aliphatic rings. The number of fused-ring (bicyclic) bond motifs is 1. The summed E-state index contributed by atoms with van der Waals surface area (Å²) in [6.07, 6.45) is -3.43. The molecule has 0 N–H and O–H groups in total. The minimum absolute atomic E-state index is 0.0246. The standard InChI is InChI=1S/C22H18F6N6O/c23-21(24,25)13-4-5-15(16(8-13)22(26,27)28)17-9-14(35-32-17)11-34-12-19-18(10-29-34)30-20(31-19)33-6-2-1-3-7-33/h4-5,8-10,12H,1-3,6-7,11H2. The average molecular weight is 496 g/mol. The molecule has 7 nitrogen and oxygen atoms in total. The fourth-order valence-electron chi connectivity index (χ4n) is 4.02. The van der Waals surface area contributed by atoms with Crippen LogP contribution in [0.25, 0.3) is 22.6 Å². The van der Waals surface area contributed by atoms with E-state index in [2.05, 4.69) is 25.1 Å². The first-order valence-corrected chi connectivity index (χ1v) is 10.8. The number of rotatable bonds is 4. The van der Waals surface area contributed by atoms with Crippen LogP contribution in [0.2, 0.25) is 0 Å². The maximum absolute atomic E-state index is 13.5. The number of anilines is 1. The molecule has 0 radical (unpaired) electrons. The zero-order chi connectivity index (χ0) is 24.8. The number of hydrogen-bond acceptors (Lipinski definition) is 6. The van der Waals surface area contributed by atoms with E-state index >= 15 is 0 Å². The van der Waals surface area contributed by atoms with Crippen LogP contribution in [0.3, 0.4) is 0 Å². The van der Waals surface area contributed by atoms with Crippen LogP contribution in [-0.4, -0.2) is 38.0 Å². The second kappa shape index (κ2) is 8.54. The molecule has 13 heteroatoms. The van der Waals surface area contributed by atoms with Crippen molar-refractivity contribution in [1.82, 2.24) is 24.9 Å². The van der Waals surface area contributed by atoms with Crippen molar-refractivity contribution in [3.05, 3.63) is 53.5 Å². The van der Waals surface area contributed by atoms with Gasteiger partial charge in [-0.2, -0.15) is 31.4 Å². The molecule has 3 aliphatic heterocycles. The van der Waals surface area contributed by atoms with Crippen LogP contribution >= 0.6 is 0 Å². The predicted molar refractivity (Wildman–Crippen MR) is 112 cm³/mol. The average Bonchev–Trinajstić information content (AvgIpc) is 3.45. The van der Waals surface area contributed by atoms with Crippen LogP contribution in [0.5, 0.6) is 0 Å². The predicted octanol–water partition coefficient (Wildman–Crippen LogP) is 5.51. The highest BCUT2D eigenvalue weighted by Gasteiger charge is 2.39. The second-order valence-electron chi connectivity index (χ2n) is 8.25. The number of imidazole rings is 1. The minimum Gasteiger partial charge on any atom is -0.359 e. The van der Waals surface area contributed by atoms with E-state index in [4.69, 9.17) is 4.52 Å². The summed E-state index contributed by atoms with van der Waals surface area (Å²) in [6.45, 7) is 1.79. The van der Waals surface area contributed by atoms with E-state index in [1.807, 2.05) is 0 Å². The van der Waals surface area contributed by atoms with Gasteiger partial charge in [-0.25, -0.2) is 9.97 Å². The Morgan fingerprint density at radius 1 is 0.857 bits per heavy atom. The lowest BCUT2D eigenvalue weighted by atomic mass is 10.0. The first-order valence-electron chi connectivity index (χ1n) is 10.8. The molecule has 4 heterocycles. The lowest BCUT2D eigenvalue weighted by Gasteiger charge is -2.25.